The molecule has 0 aliphatic carbocycles. The van der Waals surface area contributed by atoms with Gasteiger partial charge in [-0.3, -0.25) is 20.1 Å². The number of rotatable bonds is 10. The summed E-state index contributed by atoms with van der Waals surface area (Å²) in [5.74, 6) is -1.46. The molecule has 4 N–H and O–H groups in total. The molecule has 1 heterocycles. The van der Waals surface area contributed by atoms with E-state index in [1.165, 1.54) is 24.3 Å². The third kappa shape index (κ3) is 6.57. The van der Waals surface area contributed by atoms with Crippen LogP contribution in [0, 0.1) is 22.0 Å². The Morgan fingerprint density at radius 3 is 2.48 bits per heavy atom. The number of aryl methyl sites for hydroxylation is 1. The van der Waals surface area contributed by atoms with Gasteiger partial charge in [-0.2, -0.15) is 0 Å². The first-order chi connectivity index (χ1) is 14.3. The van der Waals surface area contributed by atoms with Crippen LogP contribution in [-0.4, -0.2) is 43.2 Å². The van der Waals surface area contributed by atoms with E-state index in [4.69, 9.17) is 5.21 Å². The van der Waals surface area contributed by atoms with Crippen molar-refractivity contribution in [2.45, 2.75) is 26.3 Å². The van der Waals surface area contributed by atoms with Gasteiger partial charge in [-0.15, -0.1) is 0 Å². The number of hydrogen-bond donors (Lipinski definition) is 4. The first-order valence-electron chi connectivity index (χ1n) is 9.39. The van der Waals surface area contributed by atoms with E-state index in [9.17, 15) is 25.2 Å². The van der Waals surface area contributed by atoms with E-state index >= 15 is 0 Å². The van der Waals surface area contributed by atoms with Gasteiger partial charge in [-0.05, 0) is 18.6 Å². The number of aliphatic hydroxyl groups is 1. The molecule has 0 aliphatic heterocycles. The number of halogens is 1. The van der Waals surface area contributed by atoms with Gasteiger partial charge in [0.05, 0.1) is 12.0 Å². The van der Waals surface area contributed by atoms with Gasteiger partial charge in [0, 0.05) is 42.6 Å². The van der Waals surface area contributed by atoms with Gasteiger partial charge in [0.25, 0.3) is 5.69 Å². The van der Waals surface area contributed by atoms with Crippen LogP contribution in [0.25, 0.3) is 0 Å². The number of aromatic nitrogens is 2. The normalized spacial score (nSPS) is 13.2. The minimum absolute atomic E-state index is 0. The lowest BCUT2D eigenvalue weighted by Gasteiger charge is -2.21. The molecule has 2 unspecified atom stereocenters. The highest BCUT2D eigenvalue weighted by Crippen LogP contribution is 2.20. The van der Waals surface area contributed by atoms with Crippen LogP contribution in [0.3, 0.4) is 0 Å². The molecule has 0 saturated heterocycles. The number of hydrogen-bond acceptors (Lipinski definition) is 7. The van der Waals surface area contributed by atoms with Crippen LogP contribution in [0.5, 0.6) is 0 Å². The highest BCUT2D eigenvalue weighted by atomic mass is 79.9. The van der Waals surface area contributed by atoms with Crippen molar-refractivity contribution >= 4 is 17.3 Å². The van der Waals surface area contributed by atoms with Gasteiger partial charge in [0.15, 0.2) is 0 Å². The van der Waals surface area contributed by atoms with E-state index < -0.39 is 16.7 Å². The molecule has 0 aliphatic rings. The number of nitro benzene ring substituents is 1. The summed E-state index contributed by atoms with van der Waals surface area (Å²) >= 11 is 0. The number of imidazole rings is 1. The van der Waals surface area contributed by atoms with Gasteiger partial charge >= 0.3 is 0 Å². The van der Waals surface area contributed by atoms with Crippen molar-refractivity contribution in [3.05, 3.63) is 58.2 Å². The van der Waals surface area contributed by atoms with E-state index in [0.717, 1.165) is 5.69 Å². The largest absolute Gasteiger partial charge is 1.00 e. The van der Waals surface area contributed by atoms with Crippen LogP contribution in [0.2, 0.25) is 0 Å². The minimum atomic E-state index is -0.543. The van der Waals surface area contributed by atoms with E-state index in [0.29, 0.717) is 24.1 Å². The molecule has 0 spiro atoms. The maximum atomic E-state index is 11.9. The average Bonchev–Trinajstić information content (AvgIpc) is 3.10. The van der Waals surface area contributed by atoms with E-state index in [1.54, 1.807) is 16.4 Å². The fraction of sp³-hybridized carbons (Fsp3) is 0.421. The third-order valence-corrected chi connectivity index (χ3v) is 5.12. The topological polar surface area (TPSA) is 154 Å². The maximum absolute atomic E-state index is 11.9. The van der Waals surface area contributed by atoms with Gasteiger partial charge in [0.2, 0.25) is 12.2 Å². The zero-order valence-corrected chi connectivity index (χ0v) is 18.8. The van der Waals surface area contributed by atoms with E-state index in [-0.39, 0.29) is 41.7 Å². The molecule has 11 nitrogen and oxygen atoms in total. The number of non-ortho nitro benzene ring substituents is 1. The van der Waals surface area contributed by atoms with Gasteiger partial charge < -0.3 is 27.3 Å². The summed E-state index contributed by atoms with van der Waals surface area (Å²) in [6.45, 7) is 1.80. The standard InChI is InChI=1S/C19H25N5O6.BrH/c1-3-17(19(26)21-28)14(11-25)8-16-9-23(12-22(16)2)10-18(20-27)13-4-6-15(7-5-13)24(29)30;/h4-7,9,12,14,17,25H,3,8,10-11H2,1-2H3,(H2-,21,26,27,28);1H/b20-18+;. The fourth-order valence-electron chi connectivity index (χ4n) is 3.44. The minimum Gasteiger partial charge on any atom is -1.00 e. The molecule has 2 atom stereocenters. The molecule has 0 fully saturated rings. The van der Waals surface area contributed by atoms with Gasteiger partial charge in [0.1, 0.15) is 24.1 Å². The Bertz CT molecular complexity index is 915. The molecule has 0 bridgehead atoms. The Hall–Kier alpha value is -2.83. The number of benzene rings is 1. The van der Waals surface area contributed by atoms with Crippen LogP contribution in [0.4, 0.5) is 5.69 Å². The van der Waals surface area contributed by atoms with Crippen molar-refractivity contribution in [2.75, 3.05) is 6.61 Å². The van der Waals surface area contributed by atoms with Crippen molar-refractivity contribution in [3.8, 4) is 0 Å². The number of carbonyl (C=O) groups excluding carboxylic acids is 1. The molecule has 170 valence electrons. The number of nitrogens with one attached hydrogen (secondary N) is 1. The van der Waals surface area contributed by atoms with Crippen molar-refractivity contribution in [2.24, 2.45) is 24.0 Å². The Morgan fingerprint density at radius 2 is 2.00 bits per heavy atom. The first kappa shape index (κ1) is 26.2. The van der Waals surface area contributed by atoms with Crippen molar-refractivity contribution in [3.63, 3.8) is 0 Å². The Balaban J connectivity index is 0.00000480. The maximum Gasteiger partial charge on any atom is 0.269 e. The van der Waals surface area contributed by atoms with Crippen LogP contribution in [-0.2, 0) is 24.8 Å². The summed E-state index contributed by atoms with van der Waals surface area (Å²) in [6.07, 6.45) is 4.44. The van der Waals surface area contributed by atoms with E-state index in [1.807, 2.05) is 24.7 Å². The lowest BCUT2D eigenvalue weighted by Crippen LogP contribution is -3.00. The van der Waals surface area contributed by atoms with Crippen LogP contribution in [0.1, 0.15) is 24.6 Å². The molecule has 0 radical (unpaired) electrons. The zero-order chi connectivity index (χ0) is 22.3. The number of aliphatic hydroxyl groups excluding tert-OH is 1. The van der Waals surface area contributed by atoms with Crippen LogP contribution >= 0.6 is 0 Å². The summed E-state index contributed by atoms with van der Waals surface area (Å²) < 4.78 is 3.60. The summed E-state index contributed by atoms with van der Waals surface area (Å²) in [5, 5.41) is 42.2. The van der Waals surface area contributed by atoms with Crippen LogP contribution in [0.15, 0.2) is 41.9 Å². The SMILES string of the molecule is CCC(C(=O)NO)C(CO)Cc1c[n+](C/C(=N\O)c2ccc([N+](=O)[O-])cc2)cn1C.[Br-]. The number of nitro groups is 1. The molecule has 0 saturated carbocycles. The Labute approximate surface area is 189 Å². The predicted octanol–water partition coefficient (Wildman–Crippen LogP) is -2.21. The lowest BCUT2D eigenvalue weighted by atomic mass is 9.86. The average molecular weight is 500 g/mol. The quantitative estimate of drug-likeness (QED) is 0.0725. The molecule has 1 aromatic carbocycles. The zero-order valence-electron chi connectivity index (χ0n) is 17.2. The van der Waals surface area contributed by atoms with Crippen molar-refractivity contribution < 1.29 is 46.8 Å². The number of hydroxylamine groups is 1. The second-order valence-corrected chi connectivity index (χ2v) is 7.01. The van der Waals surface area contributed by atoms with E-state index in [2.05, 4.69) is 5.16 Å². The Morgan fingerprint density at radius 1 is 1.35 bits per heavy atom. The number of amides is 1. The van der Waals surface area contributed by atoms with Gasteiger partial charge in [-0.1, -0.05) is 12.1 Å². The number of nitrogens with zero attached hydrogens (tertiary/aromatic N) is 4. The monoisotopic (exact) mass is 499 g/mol. The van der Waals surface area contributed by atoms with Crippen LogP contribution < -0.4 is 27.0 Å². The molecule has 2 aromatic rings. The number of oxime groups is 1. The Kier molecular flexibility index (Phi) is 10.3. The number of carbonyl (C=O) groups is 1. The summed E-state index contributed by atoms with van der Waals surface area (Å²) in [7, 11) is 1.81. The molecular formula is C19H26BrN5O6. The van der Waals surface area contributed by atoms with Gasteiger partial charge in [-0.25, -0.2) is 14.6 Å². The first-order valence-corrected chi connectivity index (χ1v) is 9.39. The smallest absolute Gasteiger partial charge is 0.269 e. The molecule has 1 aromatic heterocycles. The molecule has 2 rings (SSSR count). The molecule has 31 heavy (non-hydrogen) atoms. The lowest BCUT2D eigenvalue weighted by molar-refractivity contribution is -0.681. The van der Waals surface area contributed by atoms with Crippen molar-refractivity contribution in [1.82, 2.24) is 10.0 Å². The molecule has 12 heteroatoms. The summed E-state index contributed by atoms with van der Waals surface area (Å²) in [5.41, 5.74) is 3.28. The molecule has 1 amide bonds. The van der Waals surface area contributed by atoms with Crippen molar-refractivity contribution in [1.29, 1.82) is 0 Å². The second kappa shape index (κ2) is 12.1. The molecular weight excluding hydrogens is 474 g/mol. The second-order valence-electron chi connectivity index (χ2n) is 7.01. The summed E-state index contributed by atoms with van der Waals surface area (Å²) in [6, 6.07) is 5.70. The predicted molar refractivity (Wildman–Crippen MR) is 105 cm³/mol. The summed E-state index contributed by atoms with van der Waals surface area (Å²) in [4.78, 5) is 22.1. The third-order valence-electron chi connectivity index (χ3n) is 5.12. The highest BCUT2D eigenvalue weighted by molar-refractivity contribution is 5.99. The fourth-order valence-corrected chi connectivity index (χ4v) is 3.44. The highest BCUT2D eigenvalue weighted by Gasteiger charge is 2.29.